The van der Waals surface area contributed by atoms with Gasteiger partial charge in [0.15, 0.2) is 0 Å². The second-order valence-electron chi connectivity index (χ2n) is 5.24. The Labute approximate surface area is 115 Å². The van der Waals surface area contributed by atoms with Crippen molar-refractivity contribution >= 4 is 0 Å². The molecular weight excluding hydrogens is 234 g/mol. The predicted molar refractivity (Wildman–Crippen MR) is 80.1 cm³/mol. The second-order valence-corrected chi connectivity index (χ2v) is 5.24. The third kappa shape index (κ3) is 2.56. The van der Waals surface area contributed by atoms with Crippen LogP contribution in [-0.4, -0.2) is 23.4 Å². The van der Waals surface area contributed by atoms with E-state index in [1.165, 1.54) is 22.5 Å². The summed E-state index contributed by atoms with van der Waals surface area (Å²) in [6, 6.07) is 8.38. The van der Waals surface area contributed by atoms with Crippen LogP contribution in [0, 0.1) is 20.8 Å². The minimum absolute atomic E-state index is 0.475. The van der Waals surface area contributed by atoms with Crippen molar-refractivity contribution in [1.82, 2.24) is 15.1 Å². The van der Waals surface area contributed by atoms with Gasteiger partial charge in [-0.15, -0.1) is 0 Å². The van der Waals surface area contributed by atoms with Gasteiger partial charge in [0, 0.05) is 17.8 Å². The van der Waals surface area contributed by atoms with E-state index in [0.717, 1.165) is 12.2 Å². The molecule has 0 saturated heterocycles. The van der Waals surface area contributed by atoms with E-state index in [0.29, 0.717) is 5.92 Å². The van der Waals surface area contributed by atoms with E-state index in [2.05, 4.69) is 62.0 Å². The van der Waals surface area contributed by atoms with E-state index in [9.17, 15) is 0 Å². The fourth-order valence-corrected chi connectivity index (χ4v) is 2.81. The molecule has 0 saturated carbocycles. The molecule has 0 spiro atoms. The molecule has 1 N–H and O–H groups in total. The third-order valence-electron chi connectivity index (χ3n) is 3.69. The van der Waals surface area contributed by atoms with E-state index in [1.807, 2.05) is 7.05 Å². The smallest absolute Gasteiger partial charge is 0.0678 e. The second kappa shape index (κ2) is 5.57. The van der Waals surface area contributed by atoms with Gasteiger partial charge in [-0.3, -0.25) is 0 Å². The van der Waals surface area contributed by atoms with Crippen LogP contribution in [0.1, 0.15) is 35.4 Å². The van der Waals surface area contributed by atoms with Gasteiger partial charge < -0.3 is 5.32 Å². The monoisotopic (exact) mass is 257 g/mol. The summed E-state index contributed by atoms with van der Waals surface area (Å²) >= 11 is 0. The highest BCUT2D eigenvalue weighted by Gasteiger charge is 2.18. The number of benzene rings is 1. The highest BCUT2D eigenvalue weighted by Crippen LogP contribution is 2.26. The first-order valence-corrected chi connectivity index (χ1v) is 6.83. The van der Waals surface area contributed by atoms with Crippen LogP contribution in [0.4, 0.5) is 0 Å². The molecule has 0 fully saturated rings. The lowest BCUT2D eigenvalue weighted by Crippen LogP contribution is -2.15. The molecule has 1 atom stereocenters. The van der Waals surface area contributed by atoms with E-state index >= 15 is 0 Å². The average molecular weight is 257 g/mol. The van der Waals surface area contributed by atoms with Gasteiger partial charge in [-0.2, -0.15) is 5.10 Å². The highest BCUT2D eigenvalue weighted by atomic mass is 15.3. The molecule has 1 unspecified atom stereocenters. The number of nitrogens with zero attached hydrogens (tertiary/aromatic N) is 2. The lowest BCUT2D eigenvalue weighted by atomic mass is 9.99. The van der Waals surface area contributed by atoms with Crippen LogP contribution < -0.4 is 5.32 Å². The van der Waals surface area contributed by atoms with Gasteiger partial charge in [-0.05, 0) is 45.4 Å². The SMILES string of the molecule is CNCC(C)c1c(C)nn(-c2ccccc2C)c1C. The van der Waals surface area contributed by atoms with Crippen molar-refractivity contribution < 1.29 is 0 Å². The maximum absolute atomic E-state index is 4.73. The number of likely N-dealkylation sites (N-methyl/N-ethyl adjacent to an activating group) is 1. The maximum Gasteiger partial charge on any atom is 0.0678 e. The molecular formula is C16H23N3. The Hall–Kier alpha value is -1.61. The van der Waals surface area contributed by atoms with Gasteiger partial charge in [0.05, 0.1) is 11.4 Å². The number of aryl methyl sites for hydroxylation is 2. The summed E-state index contributed by atoms with van der Waals surface area (Å²) in [6.07, 6.45) is 0. The fraction of sp³-hybridized carbons (Fsp3) is 0.438. The number of nitrogens with one attached hydrogen (secondary N) is 1. The Morgan fingerprint density at radius 1 is 1.21 bits per heavy atom. The van der Waals surface area contributed by atoms with Gasteiger partial charge in [0.2, 0.25) is 0 Å². The molecule has 0 radical (unpaired) electrons. The first-order chi connectivity index (χ1) is 9.06. The first-order valence-electron chi connectivity index (χ1n) is 6.83. The van der Waals surface area contributed by atoms with E-state index in [4.69, 9.17) is 5.10 Å². The summed E-state index contributed by atoms with van der Waals surface area (Å²) in [5.74, 6) is 0.475. The molecule has 0 aliphatic heterocycles. The zero-order chi connectivity index (χ0) is 14.0. The Morgan fingerprint density at radius 2 is 1.89 bits per heavy atom. The van der Waals surface area contributed by atoms with Gasteiger partial charge in [-0.1, -0.05) is 25.1 Å². The molecule has 2 rings (SSSR count). The fourth-order valence-electron chi connectivity index (χ4n) is 2.81. The van der Waals surface area contributed by atoms with E-state index < -0.39 is 0 Å². The van der Waals surface area contributed by atoms with Crippen LogP contribution >= 0.6 is 0 Å². The van der Waals surface area contributed by atoms with Gasteiger partial charge in [-0.25, -0.2) is 4.68 Å². The molecule has 2 aromatic rings. The minimum Gasteiger partial charge on any atom is -0.319 e. The molecule has 1 aromatic carbocycles. The Kier molecular flexibility index (Phi) is 4.05. The van der Waals surface area contributed by atoms with Crippen LogP contribution in [-0.2, 0) is 0 Å². The lowest BCUT2D eigenvalue weighted by Gasteiger charge is -2.12. The van der Waals surface area contributed by atoms with E-state index in [-0.39, 0.29) is 0 Å². The molecule has 1 aromatic heterocycles. The predicted octanol–water partition coefficient (Wildman–Crippen LogP) is 3.12. The van der Waals surface area contributed by atoms with Crippen molar-refractivity contribution in [2.45, 2.75) is 33.6 Å². The Morgan fingerprint density at radius 3 is 2.53 bits per heavy atom. The van der Waals surface area contributed by atoms with Crippen LogP contribution in [0.25, 0.3) is 5.69 Å². The van der Waals surface area contributed by atoms with Crippen molar-refractivity contribution in [2.75, 3.05) is 13.6 Å². The largest absolute Gasteiger partial charge is 0.319 e. The maximum atomic E-state index is 4.73. The number of hydrogen-bond acceptors (Lipinski definition) is 2. The number of hydrogen-bond donors (Lipinski definition) is 1. The number of para-hydroxylation sites is 1. The first kappa shape index (κ1) is 13.8. The summed E-state index contributed by atoms with van der Waals surface area (Å²) in [7, 11) is 1.99. The zero-order valence-corrected chi connectivity index (χ0v) is 12.5. The third-order valence-corrected chi connectivity index (χ3v) is 3.69. The Bertz CT molecular complexity index is 569. The van der Waals surface area contributed by atoms with Crippen LogP contribution in [0.15, 0.2) is 24.3 Å². The molecule has 19 heavy (non-hydrogen) atoms. The van der Waals surface area contributed by atoms with Crippen molar-refractivity contribution in [3.63, 3.8) is 0 Å². The zero-order valence-electron chi connectivity index (χ0n) is 12.5. The molecule has 3 heteroatoms. The molecule has 1 heterocycles. The summed E-state index contributed by atoms with van der Waals surface area (Å²) in [4.78, 5) is 0. The molecule has 3 nitrogen and oxygen atoms in total. The number of aromatic nitrogens is 2. The van der Waals surface area contributed by atoms with Gasteiger partial charge >= 0.3 is 0 Å². The molecule has 0 bridgehead atoms. The summed E-state index contributed by atoms with van der Waals surface area (Å²) in [5.41, 5.74) is 6.16. The molecule has 0 aliphatic carbocycles. The molecule has 0 amide bonds. The van der Waals surface area contributed by atoms with Crippen LogP contribution in [0.3, 0.4) is 0 Å². The quantitative estimate of drug-likeness (QED) is 0.912. The molecule has 102 valence electrons. The van der Waals surface area contributed by atoms with Crippen LogP contribution in [0.5, 0.6) is 0 Å². The van der Waals surface area contributed by atoms with Crippen molar-refractivity contribution in [1.29, 1.82) is 0 Å². The minimum atomic E-state index is 0.475. The highest BCUT2D eigenvalue weighted by molar-refractivity contribution is 5.43. The Balaban J connectivity index is 2.50. The van der Waals surface area contributed by atoms with Gasteiger partial charge in [0.25, 0.3) is 0 Å². The van der Waals surface area contributed by atoms with E-state index in [1.54, 1.807) is 0 Å². The normalized spacial score (nSPS) is 12.7. The summed E-state index contributed by atoms with van der Waals surface area (Å²) in [6.45, 7) is 9.61. The molecule has 0 aliphatic rings. The van der Waals surface area contributed by atoms with Gasteiger partial charge in [0.1, 0.15) is 0 Å². The van der Waals surface area contributed by atoms with Crippen molar-refractivity contribution in [2.24, 2.45) is 0 Å². The van der Waals surface area contributed by atoms with Crippen molar-refractivity contribution in [3.05, 3.63) is 46.8 Å². The average Bonchev–Trinajstić information content (AvgIpc) is 2.66. The lowest BCUT2D eigenvalue weighted by molar-refractivity contribution is 0.670. The standard InChI is InChI=1S/C16H23N3/c1-11-8-6-7-9-15(11)19-14(4)16(13(3)18-19)12(2)10-17-5/h6-9,12,17H,10H2,1-5H3. The number of rotatable bonds is 4. The summed E-state index contributed by atoms with van der Waals surface area (Å²) < 4.78 is 2.08. The topological polar surface area (TPSA) is 29.9 Å². The van der Waals surface area contributed by atoms with Crippen molar-refractivity contribution in [3.8, 4) is 5.69 Å². The van der Waals surface area contributed by atoms with Crippen LogP contribution in [0.2, 0.25) is 0 Å². The summed E-state index contributed by atoms with van der Waals surface area (Å²) in [5, 5.41) is 7.98.